The third-order valence-electron chi connectivity index (χ3n) is 2.96. The number of nitrogens with one attached hydrogen (secondary N) is 1. The number of amides is 1. The van der Waals surface area contributed by atoms with Crippen molar-refractivity contribution in [2.24, 2.45) is 0 Å². The van der Waals surface area contributed by atoms with Crippen LogP contribution in [0.15, 0.2) is 42.5 Å². The number of carbonyl (C=O) groups excluding carboxylic acids is 1. The van der Waals surface area contributed by atoms with Gasteiger partial charge in [0, 0.05) is 5.02 Å². The minimum atomic E-state index is -1.69. The van der Waals surface area contributed by atoms with E-state index in [1.807, 2.05) is 0 Å². The summed E-state index contributed by atoms with van der Waals surface area (Å²) in [4.78, 5) is 12.1. The fourth-order valence-corrected chi connectivity index (χ4v) is 2.51. The average molecular weight is 310 g/mol. The number of rotatable bonds is 1. The molecule has 2 aromatic carbocycles. The summed E-state index contributed by atoms with van der Waals surface area (Å²) in [6.45, 7) is 0. The molecule has 1 unspecified atom stereocenters. The highest BCUT2D eigenvalue weighted by Crippen LogP contribution is 2.40. The zero-order valence-electron chi connectivity index (χ0n) is 10.1. The highest BCUT2D eigenvalue weighted by atomic mass is 35.5. The first kappa shape index (κ1) is 13.1. The number of phenolic OH excluding ortho intramolecular Hbond substituents is 1. The fraction of sp³-hybridized carbons (Fsp3) is 0.0714. The molecule has 1 aliphatic heterocycles. The van der Waals surface area contributed by atoms with Crippen molar-refractivity contribution in [3.05, 3.63) is 58.6 Å². The van der Waals surface area contributed by atoms with E-state index < -0.39 is 5.18 Å². The number of fused-ring (bicyclic) bond motifs is 1. The number of hydrogen-bond acceptors (Lipinski definition) is 3. The van der Waals surface area contributed by atoms with Crippen molar-refractivity contribution in [2.75, 3.05) is 0 Å². The van der Waals surface area contributed by atoms with E-state index in [2.05, 4.69) is 5.32 Å². The van der Waals surface area contributed by atoms with Crippen LogP contribution in [0.1, 0.15) is 15.9 Å². The van der Waals surface area contributed by atoms with E-state index in [1.54, 1.807) is 24.3 Å². The first-order valence-electron chi connectivity index (χ1n) is 5.78. The molecule has 1 amide bonds. The summed E-state index contributed by atoms with van der Waals surface area (Å²) in [7, 11) is 0. The Bertz CT molecular complexity index is 705. The Morgan fingerprint density at radius 1 is 1.20 bits per heavy atom. The highest BCUT2D eigenvalue weighted by Gasteiger charge is 2.41. The summed E-state index contributed by atoms with van der Waals surface area (Å²) >= 11 is 12.2. The fourth-order valence-electron chi connectivity index (χ4n) is 2.02. The van der Waals surface area contributed by atoms with Gasteiger partial charge in [0.25, 0.3) is 11.1 Å². The average Bonchev–Trinajstić information content (AvgIpc) is 2.41. The molecule has 0 aromatic heterocycles. The molecule has 0 saturated heterocycles. The number of ether oxygens (including phenoxy) is 1. The number of carbonyl (C=O) groups is 1. The molecule has 1 aliphatic rings. The Labute approximate surface area is 124 Å². The smallest absolute Gasteiger partial charge is 0.291 e. The van der Waals surface area contributed by atoms with Crippen molar-refractivity contribution < 1.29 is 14.6 Å². The molecule has 20 heavy (non-hydrogen) atoms. The van der Waals surface area contributed by atoms with Crippen molar-refractivity contribution in [2.45, 2.75) is 5.18 Å². The lowest BCUT2D eigenvalue weighted by Crippen LogP contribution is -2.49. The van der Waals surface area contributed by atoms with Crippen LogP contribution in [0.3, 0.4) is 0 Å². The van der Waals surface area contributed by atoms with Crippen molar-refractivity contribution >= 4 is 29.1 Å². The van der Waals surface area contributed by atoms with Crippen LogP contribution in [-0.2, 0) is 5.18 Å². The normalized spacial score (nSPS) is 20.8. The van der Waals surface area contributed by atoms with E-state index in [0.717, 1.165) is 0 Å². The second-order valence-corrected chi connectivity index (χ2v) is 5.28. The molecular formula is C14H9Cl2NO3. The molecular weight excluding hydrogens is 301 g/mol. The molecule has 6 heteroatoms. The van der Waals surface area contributed by atoms with Gasteiger partial charge in [0.05, 0.1) is 11.1 Å². The molecule has 2 N–H and O–H groups in total. The molecule has 0 fully saturated rings. The summed E-state index contributed by atoms with van der Waals surface area (Å²) < 4.78 is 5.63. The minimum absolute atomic E-state index is 0.121. The van der Waals surface area contributed by atoms with Crippen LogP contribution in [0.2, 0.25) is 5.02 Å². The van der Waals surface area contributed by atoms with Gasteiger partial charge in [0.2, 0.25) is 0 Å². The maximum absolute atomic E-state index is 12.1. The van der Waals surface area contributed by atoms with Gasteiger partial charge in [-0.1, -0.05) is 23.7 Å². The van der Waals surface area contributed by atoms with Crippen LogP contribution in [-0.4, -0.2) is 11.0 Å². The Balaban J connectivity index is 2.11. The van der Waals surface area contributed by atoms with Gasteiger partial charge in [-0.25, -0.2) is 0 Å². The van der Waals surface area contributed by atoms with E-state index >= 15 is 0 Å². The van der Waals surface area contributed by atoms with Crippen LogP contribution in [0.25, 0.3) is 0 Å². The second-order valence-electron chi connectivity index (χ2n) is 4.31. The SMILES string of the molecule is O=C1NC(Cl)(c2cc(Cl)ccc2O)Oc2ccccc21. The third-order valence-corrected chi connectivity index (χ3v) is 3.57. The van der Waals surface area contributed by atoms with Crippen LogP contribution < -0.4 is 10.1 Å². The van der Waals surface area contributed by atoms with Crippen molar-refractivity contribution in [1.82, 2.24) is 5.32 Å². The van der Waals surface area contributed by atoms with E-state index in [4.69, 9.17) is 27.9 Å². The van der Waals surface area contributed by atoms with Gasteiger partial charge >= 0.3 is 0 Å². The van der Waals surface area contributed by atoms with Gasteiger partial charge in [-0.3, -0.25) is 10.1 Å². The number of phenols is 1. The van der Waals surface area contributed by atoms with Crippen LogP contribution in [0.5, 0.6) is 11.5 Å². The van der Waals surface area contributed by atoms with Crippen molar-refractivity contribution in [3.8, 4) is 11.5 Å². The van der Waals surface area contributed by atoms with Gasteiger partial charge < -0.3 is 9.84 Å². The number of benzene rings is 2. The maximum atomic E-state index is 12.1. The molecule has 2 aromatic rings. The zero-order valence-corrected chi connectivity index (χ0v) is 11.6. The largest absolute Gasteiger partial charge is 0.507 e. The van der Waals surface area contributed by atoms with E-state index in [1.165, 1.54) is 18.2 Å². The summed E-state index contributed by atoms with van der Waals surface area (Å²) in [5.41, 5.74) is 0.555. The van der Waals surface area contributed by atoms with E-state index in [-0.39, 0.29) is 17.2 Å². The molecule has 0 aliphatic carbocycles. The van der Waals surface area contributed by atoms with Crippen LogP contribution in [0.4, 0.5) is 0 Å². The third kappa shape index (κ3) is 2.07. The highest BCUT2D eigenvalue weighted by molar-refractivity contribution is 6.31. The molecule has 3 rings (SSSR count). The molecule has 102 valence electrons. The molecule has 1 heterocycles. The lowest BCUT2D eigenvalue weighted by Gasteiger charge is -2.34. The maximum Gasteiger partial charge on any atom is 0.291 e. The topological polar surface area (TPSA) is 58.6 Å². The predicted molar refractivity (Wildman–Crippen MR) is 75.2 cm³/mol. The lowest BCUT2D eigenvalue weighted by molar-refractivity contribution is 0.0623. The summed E-state index contributed by atoms with van der Waals surface area (Å²) in [6.07, 6.45) is 0. The Kier molecular flexibility index (Phi) is 3.00. The quantitative estimate of drug-likeness (QED) is 0.628. The number of aromatic hydroxyl groups is 1. The van der Waals surface area contributed by atoms with Gasteiger partial charge in [-0.05, 0) is 41.9 Å². The first-order valence-corrected chi connectivity index (χ1v) is 6.54. The van der Waals surface area contributed by atoms with Gasteiger partial charge in [-0.15, -0.1) is 0 Å². The number of halogens is 2. The standard InChI is InChI=1S/C14H9Cl2NO3/c15-8-5-6-11(18)10(7-8)14(16)17-13(19)9-3-1-2-4-12(9)20-14/h1-7,18H,(H,17,19). The van der Waals surface area contributed by atoms with Crippen molar-refractivity contribution in [3.63, 3.8) is 0 Å². The molecule has 0 bridgehead atoms. The van der Waals surface area contributed by atoms with Crippen molar-refractivity contribution in [1.29, 1.82) is 0 Å². The molecule has 4 nitrogen and oxygen atoms in total. The summed E-state index contributed by atoms with van der Waals surface area (Å²) in [5, 5.41) is 11.1. The van der Waals surface area contributed by atoms with E-state index in [9.17, 15) is 9.90 Å². The summed E-state index contributed by atoms with van der Waals surface area (Å²) in [6, 6.07) is 11.0. The number of alkyl halides is 1. The monoisotopic (exact) mass is 309 g/mol. The first-order chi connectivity index (χ1) is 9.49. The number of hydrogen-bond donors (Lipinski definition) is 2. The second kappa shape index (κ2) is 4.58. The Morgan fingerprint density at radius 3 is 2.75 bits per heavy atom. The van der Waals surface area contributed by atoms with E-state index in [0.29, 0.717) is 16.3 Å². The summed E-state index contributed by atoms with van der Waals surface area (Å²) in [5.74, 6) is -0.170. The Hall–Kier alpha value is -1.91. The molecule has 0 radical (unpaired) electrons. The molecule has 1 atom stereocenters. The Morgan fingerprint density at radius 2 is 1.95 bits per heavy atom. The van der Waals surface area contributed by atoms with Crippen LogP contribution >= 0.6 is 23.2 Å². The lowest BCUT2D eigenvalue weighted by atomic mass is 10.1. The minimum Gasteiger partial charge on any atom is -0.507 e. The van der Waals surface area contributed by atoms with Gasteiger partial charge in [0.15, 0.2) is 0 Å². The molecule has 0 saturated carbocycles. The number of para-hydroxylation sites is 1. The molecule has 0 spiro atoms. The van der Waals surface area contributed by atoms with Crippen LogP contribution in [0, 0.1) is 0 Å². The van der Waals surface area contributed by atoms with Gasteiger partial charge in [0.1, 0.15) is 11.5 Å². The zero-order chi connectivity index (χ0) is 14.3. The predicted octanol–water partition coefficient (Wildman–Crippen LogP) is 3.22. The van der Waals surface area contributed by atoms with Gasteiger partial charge in [-0.2, -0.15) is 0 Å².